The van der Waals surface area contributed by atoms with E-state index in [4.69, 9.17) is 19.9 Å². The summed E-state index contributed by atoms with van der Waals surface area (Å²) in [6.45, 7) is 15.0. The lowest BCUT2D eigenvalue weighted by Crippen LogP contribution is -2.48. The predicted octanol–water partition coefficient (Wildman–Crippen LogP) is 4.27. The third-order valence-corrected chi connectivity index (χ3v) is 8.51. The van der Waals surface area contributed by atoms with Crippen LogP contribution in [0.5, 0.6) is 11.5 Å². The molecule has 4 N–H and O–H groups in total. The molecular weight excluding hydrogens is 506 g/mol. The van der Waals surface area contributed by atoms with E-state index in [1.54, 1.807) is 14.2 Å². The molecular formula is C32H57N3O5. The zero-order valence-corrected chi connectivity index (χ0v) is 26.2. The highest BCUT2D eigenvalue weighted by molar-refractivity contribution is 5.79. The third kappa shape index (κ3) is 11.2. The Kier molecular flexibility index (Phi) is 15.3. The fraction of sp³-hybridized carbons (Fsp3) is 0.781. The summed E-state index contributed by atoms with van der Waals surface area (Å²) in [6, 6.07) is 5.88. The van der Waals surface area contributed by atoms with Gasteiger partial charge in [0.1, 0.15) is 0 Å². The lowest BCUT2D eigenvalue weighted by molar-refractivity contribution is -0.128. The summed E-state index contributed by atoms with van der Waals surface area (Å²) in [7, 11) is 3.33. The van der Waals surface area contributed by atoms with Gasteiger partial charge in [0.25, 0.3) is 0 Å². The molecule has 0 aromatic heterocycles. The Bertz CT molecular complexity index is 857. The highest BCUT2D eigenvalue weighted by Crippen LogP contribution is 2.32. The molecule has 1 aliphatic heterocycles. The van der Waals surface area contributed by atoms with Crippen molar-refractivity contribution in [3.63, 3.8) is 0 Å². The quantitative estimate of drug-likeness (QED) is 0.229. The highest BCUT2D eigenvalue weighted by Gasteiger charge is 2.31. The maximum Gasteiger partial charge on any atom is 0.223 e. The smallest absolute Gasteiger partial charge is 0.223 e. The molecule has 1 saturated heterocycles. The van der Waals surface area contributed by atoms with E-state index in [0.717, 1.165) is 56.6 Å². The van der Waals surface area contributed by atoms with Gasteiger partial charge in [-0.15, -0.1) is 0 Å². The predicted molar refractivity (Wildman–Crippen MR) is 162 cm³/mol. The van der Waals surface area contributed by atoms with Crippen molar-refractivity contribution in [1.29, 1.82) is 0 Å². The second-order valence-corrected chi connectivity index (χ2v) is 12.2. The minimum Gasteiger partial charge on any atom is -0.493 e. The number of benzene rings is 1. The average molecular weight is 564 g/mol. The summed E-state index contributed by atoms with van der Waals surface area (Å²) in [5.41, 5.74) is 7.75. The number of amides is 1. The molecule has 1 fully saturated rings. The summed E-state index contributed by atoms with van der Waals surface area (Å²) in [5, 5.41) is 14.4. The Balaban J connectivity index is 1.98. The molecule has 4 atom stereocenters. The average Bonchev–Trinajstić information content (AvgIpc) is 2.93. The summed E-state index contributed by atoms with van der Waals surface area (Å²) in [5.74, 6) is 2.01. The van der Waals surface area contributed by atoms with Crippen LogP contribution in [0.3, 0.4) is 0 Å². The van der Waals surface area contributed by atoms with Gasteiger partial charge >= 0.3 is 0 Å². The molecule has 1 amide bonds. The lowest BCUT2D eigenvalue weighted by Gasteiger charge is -2.34. The maximum atomic E-state index is 13.2. The number of hydrogen-bond donors (Lipinski definition) is 3. The zero-order valence-electron chi connectivity index (χ0n) is 26.2. The molecule has 1 aromatic carbocycles. The molecule has 0 spiro atoms. The number of hydrogen-bond acceptors (Lipinski definition) is 7. The van der Waals surface area contributed by atoms with Crippen molar-refractivity contribution in [2.24, 2.45) is 29.4 Å². The van der Waals surface area contributed by atoms with Gasteiger partial charge in [-0.2, -0.15) is 0 Å². The lowest BCUT2D eigenvalue weighted by atomic mass is 9.80. The first-order valence-electron chi connectivity index (χ1n) is 15.3. The molecule has 8 nitrogen and oxygen atoms in total. The van der Waals surface area contributed by atoms with E-state index in [1.165, 1.54) is 0 Å². The van der Waals surface area contributed by atoms with Crippen molar-refractivity contribution in [3.05, 3.63) is 23.8 Å². The van der Waals surface area contributed by atoms with Gasteiger partial charge in [0.05, 0.1) is 19.8 Å². The van der Waals surface area contributed by atoms with Crippen LogP contribution in [-0.2, 0) is 16.0 Å². The number of nitrogens with two attached hydrogens (primary N) is 1. The molecule has 1 aliphatic rings. The van der Waals surface area contributed by atoms with Gasteiger partial charge in [0, 0.05) is 51.2 Å². The molecule has 8 heteroatoms. The molecule has 0 bridgehead atoms. The Morgan fingerprint density at radius 1 is 1.07 bits per heavy atom. The van der Waals surface area contributed by atoms with E-state index in [-0.39, 0.29) is 29.7 Å². The number of rotatable bonds is 18. The summed E-state index contributed by atoms with van der Waals surface area (Å²) < 4.78 is 16.6. The van der Waals surface area contributed by atoms with Crippen LogP contribution >= 0.6 is 0 Å². The Morgan fingerprint density at radius 3 is 2.35 bits per heavy atom. The number of carbonyl (C=O) groups excluding carboxylic acids is 1. The topological polar surface area (TPSA) is 106 Å². The van der Waals surface area contributed by atoms with Gasteiger partial charge in [0.2, 0.25) is 5.91 Å². The van der Waals surface area contributed by atoms with Crippen molar-refractivity contribution >= 4 is 5.91 Å². The van der Waals surface area contributed by atoms with Crippen molar-refractivity contribution in [2.45, 2.75) is 91.3 Å². The molecule has 0 aliphatic carbocycles. The number of piperidine rings is 1. The number of nitrogens with one attached hydrogen (secondary N) is 1. The normalized spacial score (nSPS) is 18.0. The zero-order chi connectivity index (χ0) is 29.7. The first kappa shape index (κ1) is 34.3. The van der Waals surface area contributed by atoms with Gasteiger partial charge in [-0.25, -0.2) is 0 Å². The van der Waals surface area contributed by atoms with Gasteiger partial charge < -0.3 is 35.3 Å². The molecule has 3 unspecified atom stereocenters. The molecule has 0 radical (unpaired) electrons. The van der Waals surface area contributed by atoms with Crippen LogP contribution in [0.1, 0.15) is 72.3 Å². The Morgan fingerprint density at radius 2 is 1.77 bits per heavy atom. The minimum atomic E-state index is -0.739. The van der Waals surface area contributed by atoms with E-state index in [0.29, 0.717) is 37.7 Å². The van der Waals surface area contributed by atoms with Crippen molar-refractivity contribution in [1.82, 2.24) is 10.2 Å². The van der Waals surface area contributed by atoms with Crippen molar-refractivity contribution < 1.29 is 24.1 Å². The second kappa shape index (κ2) is 17.8. The number of ether oxygens (including phenoxy) is 3. The van der Waals surface area contributed by atoms with Crippen LogP contribution in [-0.4, -0.2) is 81.2 Å². The standard InChI is InChI=1S/C32H57N3O5/c1-8-35-14-12-26(13-15-35)34-32(37)27(23(4)5)21-29(36)28(33)20-25(22(2)3)18-24-10-11-30(39-7)31(19-24)40-17-9-16-38-6/h10-11,19,22-23,25-29,36H,8-9,12-18,20-21,33H2,1-7H3,(H,34,37)/t25?,27?,28-,29?/m0/s1. The van der Waals surface area contributed by atoms with Gasteiger partial charge in [0.15, 0.2) is 11.5 Å². The highest BCUT2D eigenvalue weighted by atomic mass is 16.5. The van der Waals surface area contributed by atoms with Gasteiger partial charge in [-0.05, 0) is 74.1 Å². The van der Waals surface area contributed by atoms with Crippen LogP contribution in [0.15, 0.2) is 18.2 Å². The molecule has 1 aromatic rings. The van der Waals surface area contributed by atoms with Gasteiger partial charge in [-0.1, -0.05) is 40.7 Å². The Labute approximate surface area is 243 Å². The van der Waals surface area contributed by atoms with Crippen LogP contribution < -0.4 is 20.5 Å². The first-order chi connectivity index (χ1) is 19.1. The summed E-state index contributed by atoms with van der Waals surface area (Å²) in [4.78, 5) is 15.6. The van der Waals surface area contributed by atoms with Crippen LogP contribution in [0.2, 0.25) is 0 Å². The summed E-state index contributed by atoms with van der Waals surface area (Å²) >= 11 is 0. The molecule has 230 valence electrons. The van der Waals surface area contributed by atoms with Crippen molar-refractivity contribution in [3.8, 4) is 11.5 Å². The van der Waals surface area contributed by atoms with E-state index >= 15 is 0 Å². The Hall–Kier alpha value is -1.87. The minimum absolute atomic E-state index is 0.0490. The van der Waals surface area contributed by atoms with Crippen LogP contribution in [0.4, 0.5) is 0 Å². The number of aliphatic hydroxyl groups is 1. The second-order valence-electron chi connectivity index (χ2n) is 12.2. The fourth-order valence-electron chi connectivity index (χ4n) is 5.57. The number of methoxy groups -OCH3 is 2. The summed E-state index contributed by atoms with van der Waals surface area (Å²) in [6.07, 6.45) is 3.90. The van der Waals surface area contributed by atoms with E-state index in [9.17, 15) is 9.90 Å². The number of nitrogens with zero attached hydrogens (tertiary/aromatic N) is 1. The third-order valence-electron chi connectivity index (χ3n) is 8.51. The number of carbonyl (C=O) groups is 1. The monoisotopic (exact) mass is 563 g/mol. The van der Waals surface area contributed by atoms with E-state index in [2.05, 4.69) is 50.9 Å². The van der Waals surface area contributed by atoms with Crippen LogP contribution in [0, 0.1) is 23.7 Å². The molecule has 2 rings (SSSR count). The first-order valence-corrected chi connectivity index (χ1v) is 15.3. The van der Waals surface area contributed by atoms with E-state index in [1.807, 2.05) is 12.1 Å². The number of likely N-dealkylation sites (tertiary alicyclic amines) is 1. The SMILES string of the molecule is CCN1CCC(NC(=O)C(CC(O)[C@@H](N)CC(Cc2ccc(OC)c(OCCCOC)c2)C(C)C)C(C)C)CC1. The number of aliphatic hydroxyl groups excluding tert-OH is 1. The van der Waals surface area contributed by atoms with Crippen LogP contribution in [0.25, 0.3) is 0 Å². The fourth-order valence-corrected chi connectivity index (χ4v) is 5.57. The van der Waals surface area contributed by atoms with E-state index < -0.39 is 12.1 Å². The largest absolute Gasteiger partial charge is 0.493 e. The molecule has 40 heavy (non-hydrogen) atoms. The maximum absolute atomic E-state index is 13.2. The van der Waals surface area contributed by atoms with Crippen molar-refractivity contribution in [2.75, 3.05) is 47.1 Å². The molecule has 1 heterocycles. The molecule has 0 saturated carbocycles. The van der Waals surface area contributed by atoms with Gasteiger partial charge in [-0.3, -0.25) is 4.79 Å².